The predicted octanol–water partition coefficient (Wildman–Crippen LogP) is 3.25. The van der Waals surface area contributed by atoms with Crippen LogP contribution < -0.4 is 10.6 Å². The number of likely N-dealkylation sites (N-methyl/N-ethyl adjacent to an activating group) is 1. The number of carbonyl (C=O) groups excluding carboxylic acids is 1. The average molecular weight is 323 g/mol. The van der Waals surface area contributed by atoms with Crippen molar-refractivity contribution in [3.63, 3.8) is 0 Å². The van der Waals surface area contributed by atoms with Crippen LogP contribution in [0, 0.1) is 5.92 Å². The molecule has 1 aliphatic heterocycles. The van der Waals surface area contributed by atoms with Gasteiger partial charge >= 0.3 is 0 Å². The number of nitrogens with zero attached hydrogens (tertiary/aromatic N) is 1. The van der Waals surface area contributed by atoms with E-state index in [9.17, 15) is 4.79 Å². The standard InChI is InChI=1S/C20H25N3O/c1-14(2)18(20(24)21-16-12-8-5-9-13-16)23(3)19-17(22-19)15-10-6-4-7-11-15/h4-14,17-19,22H,1-3H3,(H,21,24)/t17?,18-,19?/m0/s1. The summed E-state index contributed by atoms with van der Waals surface area (Å²) < 4.78 is 0. The molecule has 2 aromatic carbocycles. The summed E-state index contributed by atoms with van der Waals surface area (Å²) in [6, 6.07) is 20.1. The second-order valence-corrected chi connectivity index (χ2v) is 6.71. The molecule has 24 heavy (non-hydrogen) atoms. The van der Waals surface area contributed by atoms with Crippen molar-refractivity contribution in [2.24, 2.45) is 5.92 Å². The maximum absolute atomic E-state index is 12.8. The highest BCUT2D eigenvalue weighted by Crippen LogP contribution is 2.33. The third-order valence-corrected chi connectivity index (χ3v) is 4.53. The molecule has 126 valence electrons. The Morgan fingerprint density at radius 2 is 1.62 bits per heavy atom. The van der Waals surface area contributed by atoms with E-state index in [0.717, 1.165) is 5.69 Å². The number of hydrogen-bond acceptors (Lipinski definition) is 3. The van der Waals surface area contributed by atoms with Gasteiger partial charge in [-0.05, 0) is 30.7 Å². The minimum absolute atomic E-state index is 0.0409. The van der Waals surface area contributed by atoms with Crippen molar-refractivity contribution in [3.8, 4) is 0 Å². The number of benzene rings is 2. The molecule has 1 heterocycles. The number of rotatable bonds is 6. The van der Waals surface area contributed by atoms with Crippen molar-refractivity contribution in [3.05, 3.63) is 66.2 Å². The Bertz CT molecular complexity index is 672. The summed E-state index contributed by atoms with van der Waals surface area (Å²) in [7, 11) is 2.02. The van der Waals surface area contributed by atoms with Gasteiger partial charge in [-0.15, -0.1) is 0 Å². The molecular formula is C20H25N3O. The normalized spacial score (nSPS) is 20.9. The van der Waals surface area contributed by atoms with Gasteiger partial charge in [0.25, 0.3) is 0 Å². The Morgan fingerprint density at radius 3 is 2.21 bits per heavy atom. The zero-order valence-electron chi connectivity index (χ0n) is 14.4. The van der Waals surface area contributed by atoms with E-state index in [1.54, 1.807) is 0 Å². The maximum Gasteiger partial charge on any atom is 0.242 e. The SMILES string of the molecule is CC(C)[C@@H](C(=O)Nc1ccccc1)N(C)C1NC1c1ccccc1. The van der Waals surface area contributed by atoms with E-state index in [1.807, 2.05) is 43.4 Å². The van der Waals surface area contributed by atoms with E-state index in [-0.39, 0.29) is 24.0 Å². The molecule has 0 radical (unpaired) electrons. The summed E-state index contributed by atoms with van der Waals surface area (Å²) >= 11 is 0. The lowest BCUT2D eigenvalue weighted by Crippen LogP contribution is -2.47. The Hall–Kier alpha value is -2.17. The van der Waals surface area contributed by atoms with Gasteiger partial charge in [0, 0.05) is 5.69 Å². The van der Waals surface area contributed by atoms with Crippen molar-refractivity contribution in [2.45, 2.75) is 32.1 Å². The molecule has 2 unspecified atom stereocenters. The smallest absolute Gasteiger partial charge is 0.242 e. The molecule has 3 atom stereocenters. The van der Waals surface area contributed by atoms with Crippen LogP contribution in [0.4, 0.5) is 5.69 Å². The molecule has 4 heteroatoms. The minimum atomic E-state index is -0.184. The third kappa shape index (κ3) is 3.66. The fraction of sp³-hybridized carbons (Fsp3) is 0.350. The molecule has 4 nitrogen and oxygen atoms in total. The van der Waals surface area contributed by atoms with Crippen LogP contribution in [0.2, 0.25) is 0 Å². The van der Waals surface area contributed by atoms with E-state index in [4.69, 9.17) is 0 Å². The summed E-state index contributed by atoms with van der Waals surface area (Å²) in [6.07, 6.45) is 0.196. The molecule has 0 aromatic heterocycles. The predicted molar refractivity (Wildman–Crippen MR) is 97.6 cm³/mol. The van der Waals surface area contributed by atoms with Crippen molar-refractivity contribution in [1.82, 2.24) is 10.2 Å². The van der Waals surface area contributed by atoms with E-state index >= 15 is 0 Å². The van der Waals surface area contributed by atoms with Crippen LogP contribution in [-0.2, 0) is 4.79 Å². The van der Waals surface area contributed by atoms with E-state index in [0.29, 0.717) is 6.04 Å². The molecule has 2 N–H and O–H groups in total. The zero-order chi connectivity index (χ0) is 17.1. The third-order valence-electron chi connectivity index (χ3n) is 4.53. The van der Waals surface area contributed by atoms with Crippen molar-refractivity contribution >= 4 is 11.6 Å². The van der Waals surface area contributed by atoms with Crippen LogP contribution in [0.3, 0.4) is 0 Å². The number of amides is 1. The summed E-state index contributed by atoms with van der Waals surface area (Å²) in [6.45, 7) is 4.18. The van der Waals surface area contributed by atoms with Crippen molar-refractivity contribution in [2.75, 3.05) is 12.4 Å². The highest BCUT2D eigenvalue weighted by Gasteiger charge is 2.45. The van der Waals surface area contributed by atoms with Crippen molar-refractivity contribution < 1.29 is 4.79 Å². The fourth-order valence-corrected chi connectivity index (χ4v) is 3.29. The van der Waals surface area contributed by atoms with Gasteiger partial charge in [-0.1, -0.05) is 62.4 Å². The van der Waals surface area contributed by atoms with E-state index < -0.39 is 0 Å². The summed E-state index contributed by atoms with van der Waals surface area (Å²) in [5.74, 6) is 0.261. The van der Waals surface area contributed by atoms with Gasteiger partial charge in [0.05, 0.1) is 18.2 Å². The average Bonchev–Trinajstić information content (AvgIpc) is 3.37. The van der Waals surface area contributed by atoms with Crippen LogP contribution in [-0.4, -0.2) is 30.1 Å². The first kappa shape index (κ1) is 16.7. The van der Waals surface area contributed by atoms with Gasteiger partial charge < -0.3 is 5.32 Å². The van der Waals surface area contributed by atoms with Gasteiger partial charge in [-0.2, -0.15) is 0 Å². The van der Waals surface area contributed by atoms with E-state index in [2.05, 4.69) is 53.6 Å². The van der Waals surface area contributed by atoms with Gasteiger partial charge in [-0.3, -0.25) is 15.0 Å². The topological polar surface area (TPSA) is 54.3 Å². The number of anilines is 1. The highest BCUT2D eigenvalue weighted by molar-refractivity contribution is 5.95. The van der Waals surface area contributed by atoms with Gasteiger partial charge in [-0.25, -0.2) is 0 Å². The molecule has 0 saturated carbocycles. The molecule has 1 aliphatic rings. The summed E-state index contributed by atoms with van der Waals surface area (Å²) in [5, 5.41) is 6.52. The number of para-hydroxylation sites is 1. The van der Waals surface area contributed by atoms with Crippen LogP contribution in [0.25, 0.3) is 0 Å². The minimum Gasteiger partial charge on any atom is -0.325 e. The van der Waals surface area contributed by atoms with Gasteiger partial charge in [0.15, 0.2) is 0 Å². The van der Waals surface area contributed by atoms with Crippen LogP contribution in [0.1, 0.15) is 25.5 Å². The van der Waals surface area contributed by atoms with Crippen LogP contribution >= 0.6 is 0 Å². The van der Waals surface area contributed by atoms with Gasteiger partial charge in [0.1, 0.15) is 0 Å². The maximum atomic E-state index is 12.8. The molecule has 3 rings (SSSR count). The lowest BCUT2D eigenvalue weighted by Gasteiger charge is -2.29. The highest BCUT2D eigenvalue weighted by atomic mass is 16.2. The molecule has 2 aromatic rings. The number of nitrogens with one attached hydrogen (secondary N) is 2. The first-order chi connectivity index (χ1) is 11.6. The van der Waals surface area contributed by atoms with Crippen molar-refractivity contribution in [1.29, 1.82) is 0 Å². The molecule has 0 aliphatic carbocycles. The van der Waals surface area contributed by atoms with E-state index in [1.165, 1.54) is 5.56 Å². The Balaban J connectivity index is 1.68. The summed E-state index contributed by atoms with van der Waals surface area (Å²) in [5.41, 5.74) is 2.10. The molecule has 0 bridgehead atoms. The molecule has 0 spiro atoms. The quantitative estimate of drug-likeness (QED) is 0.802. The Kier molecular flexibility index (Phi) is 4.97. The second-order valence-electron chi connectivity index (χ2n) is 6.71. The summed E-state index contributed by atoms with van der Waals surface area (Å²) in [4.78, 5) is 14.9. The largest absolute Gasteiger partial charge is 0.325 e. The van der Waals surface area contributed by atoms with Crippen LogP contribution in [0.5, 0.6) is 0 Å². The molecule has 1 amide bonds. The first-order valence-corrected chi connectivity index (χ1v) is 8.47. The number of carbonyl (C=O) groups is 1. The number of hydrogen-bond donors (Lipinski definition) is 2. The lowest BCUT2D eigenvalue weighted by molar-refractivity contribution is -0.122. The monoisotopic (exact) mass is 323 g/mol. The van der Waals surface area contributed by atoms with Crippen LogP contribution in [0.15, 0.2) is 60.7 Å². The first-order valence-electron chi connectivity index (χ1n) is 8.47. The molecular weight excluding hydrogens is 298 g/mol. The second kappa shape index (κ2) is 7.16. The molecule has 1 saturated heterocycles. The Labute approximate surface area is 143 Å². The lowest BCUT2D eigenvalue weighted by atomic mass is 10.0. The zero-order valence-corrected chi connectivity index (χ0v) is 14.4. The fourth-order valence-electron chi connectivity index (χ4n) is 3.29. The Morgan fingerprint density at radius 1 is 1.04 bits per heavy atom. The van der Waals surface area contributed by atoms with Gasteiger partial charge in [0.2, 0.25) is 5.91 Å². The molecule has 1 fully saturated rings.